The van der Waals surface area contributed by atoms with Crippen LogP contribution in [-0.2, 0) is 6.42 Å². The molecule has 0 aliphatic carbocycles. The average molecular weight is 331 g/mol. The second-order valence-corrected chi connectivity index (χ2v) is 6.16. The van der Waals surface area contributed by atoms with E-state index in [1.165, 1.54) is 6.07 Å². The van der Waals surface area contributed by atoms with E-state index < -0.39 is 0 Å². The van der Waals surface area contributed by atoms with Crippen LogP contribution >= 0.6 is 0 Å². The highest BCUT2D eigenvalue weighted by atomic mass is 16.5. The first-order valence-electron chi connectivity index (χ1n) is 8.01. The summed E-state index contributed by atoms with van der Waals surface area (Å²) in [4.78, 5) is 35.0. The fraction of sp³-hybridized carbons (Fsp3) is 0.500. The molecule has 1 aliphatic heterocycles. The van der Waals surface area contributed by atoms with Gasteiger partial charge in [0.25, 0.3) is 11.5 Å². The van der Waals surface area contributed by atoms with Gasteiger partial charge in [0, 0.05) is 45.2 Å². The van der Waals surface area contributed by atoms with Gasteiger partial charge in [-0.05, 0) is 12.8 Å². The molecule has 0 spiro atoms. The number of hydrogen-bond acceptors (Lipinski definition) is 6. The van der Waals surface area contributed by atoms with E-state index in [9.17, 15) is 9.59 Å². The fourth-order valence-electron chi connectivity index (χ4n) is 2.81. The van der Waals surface area contributed by atoms with Crippen molar-refractivity contribution in [2.45, 2.75) is 25.7 Å². The lowest BCUT2D eigenvalue weighted by Gasteiger charge is -2.16. The van der Waals surface area contributed by atoms with Gasteiger partial charge in [0.05, 0.1) is 11.4 Å². The summed E-state index contributed by atoms with van der Waals surface area (Å²) < 4.78 is 5.12. The zero-order valence-corrected chi connectivity index (χ0v) is 14.1. The number of H-pyrrole nitrogens is 1. The average Bonchev–Trinajstić information content (AvgIpc) is 3.23. The van der Waals surface area contributed by atoms with Crippen molar-refractivity contribution in [2.75, 3.05) is 32.1 Å². The Hall–Kier alpha value is -2.64. The molecule has 1 N–H and O–H groups in total. The molecular formula is C16H21N5O3. The number of amides is 1. The number of likely N-dealkylation sites (tertiary alicyclic amines) is 1. The Balaban J connectivity index is 1.75. The highest BCUT2D eigenvalue weighted by Gasteiger charge is 2.31. The third-order valence-electron chi connectivity index (χ3n) is 4.20. The number of carbonyl (C=O) groups is 1. The lowest BCUT2D eigenvalue weighted by atomic mass is 10.1. The number of aromatic amines is 1. The van der Waals surface area contributed by atoms with Gasteiger partial charge in [-0.1, -0.05) is 12.1 Å². The molecule has 0 aromatic carbocycles. The maximum absolute atomic E-state index is 12.5. The van der Waals surface area contributed by atoms with E-state index in [4.69, 9.17) is 4.52 Å². The monoisotopic (exact) mass is 331 g/mol. The molecule has 8 heteroatoms. The van der Waals surface area contributed by atoms with Crippen molar-refractivity contribution in [2.24, 2.45) is 0 Å². The molecule has 0 unspecified atom stereocenters. The van der Waals surface area contributed by atoms with E-state index in [1.807, 2.05) is 21.0 Å². The predicted octanol–water partition coefficient (Wildman–Crippen LogP) is 1.02. The van der Waals surface area contributed by atoms with Gasteiger partial charge in [-0.2, -0.15) is 0 Å². The third kappa shape index (κ3) is 3.17. The Morgan fingerprint density at radius 1 is 1.46 bits per heavy atom. The van der Waals surface area contributed by atoms with Gasteiger partial charge in [-0.15, -0.1) is 0 Å². The standard InChI is InChI=1S/C16H21N5O3/c1-4-11-7-13(24-19-11)15(23)21-6-5-10(9-21)12-8-14(22)18-16(17-12)20(2)3/h7-8,10H,4-6,9H2,1-3H3,(H,17,18,22)/t10-/m1/s1. The Kier molecular flexibility index (Phi) is 4.37. The van der Waals surface area contributed by atoms with Crippen molar-refractivity contribution in [3.05, 3.63) is 39.6 Å². The quantitative estimate of drug-likeness (QED) is 0.898. The highest BCUT2D eigenvalue weighted by molar-refractivity contribution is 5.91. The van der Waals surface area contributed by atoms with Gasteiger partial charge in [-0.25, -0.2) is 4.98 Å². The Morgan fingerprint density at radius 3 is 2.92 bits per heavy atom. The summed E-state index contributed by atoms with van der Waals surface area (Å²) in [5.41, 5.74) is 1.29. The van der Waals surface area contributed by atoms with Gasteiger partial charge >= 0.3 is 0 Å². The van der Waals surface area contributed by atoms with E-state index >= 15 is 0 Å². The molecule has 24 heavy (non-hydrogen) atoms. The first-order chi connectivity index (χ1) is 11.5. The SMILES string of the molecule is CCc1cc(C(=O)N2CC[C@@H](c3cc(=O)[nH]c(N(C)C)n3)C2)on1. The third-order valence-corrected chi connectivity index (χ3v) is 4.20. The van der Waals surface area contributed by atoms with Gasteiger partial charge in [0.15, 0.2) is 0 Å². The summed E-state index contributed by atoms with van der Waals surface area (Å²) in [6.45, 7) is 3.08. The summed E-state index contributed by atoms with van der Waals surface area (Å²) >= 11 is 0. The molecule has 8 nitrogen and oxygen atoms in total. The zero-order chi connectivity index (χ0) is 17.3. The van der Waals surface area contributed by atoms with Gasteiger partial charge < -0.3 is 14.3 Å². The molecule has 1 aliphatic rings. The number of rotatable bonds is 4. The van der Waals surface area contributed by atoms with Crippen molar-refractivity contribution in [3.63, 3.8) is 0 Å². The van der Waals surface area contributed by atoms with Gasteiger partial charge in [-0.3, -0.25) is 14.6 Å². The molecule has 1 atom stereocenters. The van der Waals surface area contributed by atoms with Crippen LogP contribution in [0.4, 0.5) is 5.95 Å². The number of hydrogen-bond donors (Lipinski definition) is 1. The molecule has 1 amide bonds. The van der Waals surface area contributed by atoms with Crippen molar-refractivity contribution in [1.29, 1.82) is 0 Å². The number of aryl methyl sites for hydroxylation is 1. The highest BCUT2D eigenvalue weighted by Crippen LogP contribution is 2.27. The first-order valence-corrected chi connectivity index (χ1v) is 8.01. The molecular weight excluding hydrogens is 310 g/mol. The molecule has 0 bridgehead atoms. The predicted molar refractivity (Wildman–Crippen MR) is 88.3 cm³/mol. The van der Waals surface area contributed by atoms with Crippen LogP contribution in [0.1, 0.15) is 41.2 Å². The van der Waals surface area contributed by atoms with Crippen LogP contribution in [0.5, 0.6) is 0 Å². The lowest BCUT2D eigenvalue weighted by molar-refractivity contribution is 0.0749. The van der Waals surface area contributed by atoms with Gasteiger partial charge in [0.1, 0.15) is 0 Å². The van der Waals surface area contributed by atoms with Crippen LogP contribution < -0.4 is 10.5 Å². The topological polar surface area (TPSA) is 95.3 Å². The molecule has 128 valence electrons. The van der Waals surface area contributed by atoms with E-state index in [-0.39, 0.29) is 23.1 Å². The summed E-state index contributed by atoms with van der Waals surface area (Å²) in [5.74, 6) is 0.663. The zero-order valence-electron chi connectivity index (χ0n) is 14.1. The maximum Gasteiger partial charge on any atom is 0.292 e. The molecule has 2 aromatic rings. The number of carbonyl (C=O) groups excluding carboxylic acids is 1. The van der Waals surface area contributed by atoms with Crippen molar-refractivity contribution >= 4 is 11.9 Å². The fourth-order valence-corrected chi connectivity index (χ4v) is 2.81. The number of nitrogens with one attached hydrogen (secondary N) is 1. The van der Waals surface area contributed by atoms with E-state index in [2.05, 4.69) is 15.1 Å². The Bertz CT molecular complexity index is 795. The van der Waals surface area contributed by atoms with Crippen LogP contribution in [0.15, 0.2) is 21.5 Å². The van der Waals surface area contributed by atoms with Crippen LogP contribution in [0.25, 0.3) is 0 Å². The van der Waals surface area contributed by atoms with Crippen LogP contribution in [-0.4, -0.2) is 53.1 Å². The van der Waals surface area contributed by atoms with E-state index in [1.54, 1.807) is 15.9 Å². The second-order valence-electron chi connectivity index (χ2n) is 6.16. The van der Waals surface area contributed by atoms with Crippen molar-refractivity contribution in [3.8, 4) is 0 Å². The van der Waals surface area contributed by atoms with Crippen LogP contribution in [0.2, 0.25) is 0 Å². The number of aromatic nitrogens is 3. The maximum atomic E-state index is 12.5. The van der Waals surface area contributed by atoms with Crippen LogP contribution in [0.3, 0.4) is 0 Å². The van der Waals surface area contributed by atoms with Gasteiger partial charge in [0.2, 0.25) is 11.7 Å². The molecule has 0 radical (unpaired) electrons. The molecule has 0 saturated carbocycles. The normalized spacial score (nSPS) is 17.3. The summed E-state index contributed by atoms with van der Waals surface area (Å²) in [6, 6.07) is 3.20. The van der Waals surface area contributed by atoms with Crippen LogP contribution in [0, 0.1) is 0 Å². The molecule has 1 fully saturated rings. The summed E-state index contributed by atoms with van der Waals surface area (Å²) in [7, 11) is 3.64. The van der Waals surface area contributed by atoms with E-state index in [0.29, 0.717) is 24.7 Å². The Labute approximate surface area is 139 Å². The molecule has 2 aromatic heterocycles. The molecule has 3 rings (SSSR count). The Morgan fingerprint density at radius 2 is 2.25 bits per heavy atom. The van der Waals surface area contributed by atoms with Crippen molar-refractivity contribution < 1.29 is 9.32 Å². The van der Waals surface area contributed by atoms with E-state index in [0.717, 1.165) is 18.5 Å². The first kappa shape index (κ1) is 16.2. The minimum atomic E-state index is -0.184. The smallest absolute Gasteiger partial charge is 0.292 e. The second kappa shape index (κ2) is 6.46. The summed E-state index contributed by atoms with van der Waals surface area (Å²) in [5, 5.41) is 3.86. The minimum absolute atomic E-state index is 0.0449. The largest absolute Gasteiger partial charge is 0.351 e. The number of nitrogens with zero attached hydrogens (tertiary/aromatic N) is 4. The molecule has 1 saturated heterocycles. The van der Waals surface area contributed by atoms with Crippen molar-refractivity contribution in [1.82, 2.24) is 20.0 Å². The summed E-state index contributed by atoms with van der Waals surface area (Å²) in [6.07, 6.45) is 1.49. The molecule has 3 heterocycles. The number of anilines is 1. The lowest BCUT2D eigenvalue weighted by Crippen LogP contribution is -2.28. The minimum Gasteiger partial charge on any atom is -0.351 e.